The summed E-state index contributed by atoms with van der Waals surface area (Å²) in [6.07, 6.45) is 4.65. The van der Waals surface area contributed by atoms with Gasteiger partial charge in [0.1, 0.15) is 9.84 Å². The van der Waals surface area contributed by atoms with E-state index in [1.165, 1.54) is 6.26 Å². The summed E-state index contributed by atoms with van der Waals surface area (Å²) >= 11 is 0. The number of rotatable bonds is 4. The maximum absolute atomic E-state index is 11.8. The van der Waals surface area contributed by atoms with Crippen molar-refractivity contribution in [3.05, 3.63) is 29.6 Å². The third kappa shape index (κ3) is 3.56. The van der Waals surface area contributed by atoms with Crippen molar-refractivity contribution >= 4 is 9.84 Å². The number of aromatic nitrogens is 1. The van der Waals surface area contributed by atoms with E-state index in [9.17, 15) is 8.42 Å². The molecule has 1 aromatic rings. The number of hydrogen-bond acceptors (Lipinski definition) is 5. The van der Waals surface area contributed by atoms with Crippen LogP contribution in [0, 0.1) is 12.8 Å². The number of nitrogens with zero attached hydrogens (tertiary/aromatic N) is 1. The second-order valence-electron chi connectivity index (χ2n) is 5.73. The number of pyridine rings is 1. The number of sulfone groups is 1. The van der Waals surface area contributed by atoms with Crippen LogP contribution in [0.15, 0.2) is 18.2 Å². The standard InChI is InChI=1S/C14H23N3O2S/c1-10-5-3-8-13(16-10)14(17-15)11-6-4-7-12(9-11)20(2,18)19/h3,5,8,11-12,14,17H,4,6-7,9,15H2,1-2H3. The molecule has 2 rings (SSSR count). The van der Waals surface area contributed by atoms with Crippen LogP contribution in [0.4, 0.5) is 0 Å². The summed E-state index contributed by atoms with van der Waals surface area (Å²) < 4.78 is 23.5. The molecule has 0 aromatic carbocycles. The molecular formula is C14H23N3O2S. The van der Waals surface area contributed by atoms with Crippen molar-refractivity contribution in [3.63, 3.8) is 0 Å². The van der Waals surface area contributed by atoms with Crippen molar-refractivity contribution in [2.45, 2.75) is 43.9 Å². The summed E-state index contributed by atoms with van der Waals surface area (Å²) in [6, 6.07) is 5.76. The summed E-state index contributed by atoms with van der Waals surface area (Å²) in [5.74, 6) is 5.91. The fourth-order valence-corrected chi connectivity index (χ4v) is 4.26. The van der Waals surface area contributed by atoms with Gasteiger partial charge in [-0.2, -0.15) is 0 Å². The van der Waals surface area contributed by atoms with E-state index in [2.05, 4.69) is 10.4 Å². The molecule has 3 unspecified atom stereocenters. The van der Waals surface area contributed by atoms with Crippen LogP contribution in [0.2, 0.25) is 0 Å². The van der Waals surface area contributed by atoms with Gasteiger partial charge in [0.25, 0.3) is 0 Å². The van der Waals surface area contributed by atoms with E-state index in [0.717, 1.165) is 30.7 Å². The molecule has 112 valence electrons. The lowest BCUT2D eigenvalue weighted by Crippen LogP contribution is -2.38. The molecule has 1 fully saturated rings. The predicted molar refractivity (Wildman–Crippen MR) is 79.6 cm³/mol. The number of aryl methyl sites for hydroxylation is 1. The van der Waals surface area contributed by atoms with Gasteiger partial charge in [-0.25, -0.2) is 8.42 Å². The minimum absolute atomic E-state index is 0.0838. The van der Waals surface area contributed by atoms with Crippen LogP contribution in [-0.2, 0) is 9.84 Å². The van der Waals surface area contributed by atoms with Gasteiger partial charge in [0.2, 0.25) is 0 Å². The van der Waals surface area contributed by atoms with Gasteiger partial charge in [0, 0.05) is 11.9 Å². The molecule has 20 heavy (non-hydrogen) atoms. The average Bonchev–Trinajstić information content (AvgIpc) is 2.39. The van der Waals surface area contributed by atoms with Crippen molar-refractivity contribution < 1.29 is 8.42 Å². The highest BCUT2D eigenvalue weighted by Gasteiger charge is 2.33. The Kier molecular flexibility index (Phi) is 4.78. The lowest BCUT2D eigenvalue weighted by Gasteiger charge is -2.33. The van der Waals surface area contributed by atoms with Crippen molar-refractivity contribution in [1.29, 1.82) is 0 Å². The Morgan fingerprint density at radius 2 is 2.15 bits per heavy atom. The number of nitrogens with one attached hydrogen (secondary N) is 1. The lowest BCUT2D eigenvalue weighted by molar-refractivity contribution is 0.270. The minimum atomic E-state index is -2.98. The largest absolute Gasteiger partial charge is 0.271 e. The molecule has 0 aliphatic heterocycles. The van der Waals surface area contributed by atoms with Gasteiger partial charge in [-0.05, 0) is 44.2 Å². The fourth-order valence-electron chi connectivity index (χ4n) is 3.07. The molecule has 0 spiro atoms. The van der Waals surface area contributed by atoms with Crippen molar-refractivity contribution in [3.8, 4) is 0 Å². The summed E-state index contributed by atoms with van der Waals surface area (Å²) in [7, 11) is -2.98. The molecule has 1 aromatic heterocycles. The van der Waals surface area contributed by atoms with Crippen LogP contribution < -0.4 is 11.3 Å². The maximum atomic E-state index is 11.8. The summed E-state index contributed by atoms with van der Waals surface area (Å²) in [5, 5.41) is -0.248. The first-order valence-electron chi connectivity index (χ1n) is 7.00. The monoisotopic (exact) mass is 297 g/mol. The van der Waals surface area contributed by atoms with Gasteiger partial charge < -0.3 is 0 Å². The zero-order valence-corrected chi connectivity index (χ0v) is 12.9. The molecule has 0 amide bonds. The van der Waals surface area contributed by atoms with Crippen molar-refractivity contribution in [2.24, 2.45) is 11.8 Å². The Morgan fingerprint density at radius 1 is 1.40 bits per heavy atom. The Morgan fingerprint density at radius 3 is 2.75 bits per heavy atom. The molecule has 1 saturated carbocycles. The van der Waals surface area contributed by atoms with Crippen LogP contribution in [0.5, 0.6) is 0 Å². The van der Waals surface area contributed by atoms with E-state index in [1.807, 2.05) is 25.1 Å². The van der Waals surface area contributed by atoms with Gasteiger partial charge in [0.15, 0.2) is 0 Å². The zero-order valence-electron chi connectivity index (χ0n) is 12.0. The number of nitrogens with two attached hydrogens (primary N) is 1. The van der Waals surface area contributed by atoms with E-state index in [0.29, 0.717) is 6.42 Å². The average molecular weight is 297 g/mol. The molecule has 0 bridgehead atoms. The SMILES string of the molecule is Cc1cccc(C(NN)C2CCCC(S(C)(=O)=O)C2)n1. The summed E-state index contributed by atoms with van der Waals surface area (Å²) in [6.45, 7) is 1.94. The molecule has 1 aliphatic rings. The third-order valence-electron chi connectivity index (χ3n) is 4.15. The minimum Gasteiger partial charge on any atom is -0.271 e. The Labute approximate surface area is 120 Å². The number of hydrogen-bond donors (Lipinski definition) is 2. The molecule has 0 radical (unpaired) electrons. The van der Waals surface area contributed by atoms with E-state index < -0.39 is 9.84 Å². The molecule has 1 heterocycles. The molecule has 1 aliphatic carbocycles. The molecule has 5 nitrogen and oxygen atoms in total. The van der Waals surface area contributed by atoms with Crippen molar-refractivity contribution in [1.82, 2.24) is 10.4 Å². The van der Waals surface area contributed by atoms with E-state index in [4.69, 9.17) is 5.84 Å². The second-order valence-corrected chi connectivity index (χ2v) is 8.05. The Hall–Kier alpha value is -0.980. The highest BCUT2D eigenvalue weighted by atomic mass is 32.2. The molecular weight excluding hydrogens is 274 g/mol. The van der Waals surface area contributed by atoms with Gasteiger partial charge >= 0.3 is 0 Å². The van der Waals surface area contributed by atoms with Gasteiger partial charge in [-0.3, -0.25) is 16.3 Å². The van der Waals surface area contributed by atoms with Crippen LogP contribution in [0.3, 0.4) is 0 Å². The first-order valence-corrected chi connectivity index (χ1v) is 8.96. The van der Waals surface area contributed by atoms with Gasteiger partial charge in [-0.15, -0.1) is 0 Å². The van der Waals surface area contributed by atoms with Crippen LogP contribution in [-0.4, -0.2) is 24.9 Å². The van der Waals surface area contributed by atoms with E-state index in [1.54, 1.807) is 0 Å². The van der Waals surface area contributed by atoms with Gasteiger partial charge in [-0.1, -0.05) is 12.5 Å². The normalized spacial score (nSPS) is 25.4. The smallest absolute Gasteiger partial charge is 0.150 e. The molecule has 3 atom stereocenters. The third-order valence-corrected chi connectivity index (χ3v) is 5.79. The maximum Gasteiger partial charge on any atom is 0.150 e. The number of hydrazine groups is 1. The van der Waals surface area contributed by atoms with E-state index >= 15 is 0 Å². The van der Waals surface area contributed by atoms with Crippen molar-refractivity contribution in [2.75, 3.05) is 6.26 Å². The fraction of sp³-hybridized carbons (Fsp3) is 0.643. The quantitative estimate of drug-likeness (QED) is 0.650. The first-order chi connectivity index (χ1) is 9.41. The first kappa shape index (κ1) is 15.4. The van der Waals surface area contributed by atoms with Crippen LogP contribution in [0.1, 0.15) is 43.1 Å². The Bertz CT molecular complexity index is 559. The van der Waals surface area contributed by atoms with Crippen LogP contribution >= 0.6 is 0 Å². The van der Waals surface area contributed by atoms with Gasteiger partial charge in [0.05, 0.1) is 17.0 Å². The topological polar surface area (TPSA) is 85.1 Å². The zero-order chi connectivity index (χ0) is 14.8. The van der Waals surface area contributed by atoms with E-state index in [-0.39, 0.29) is 17.2 Å². The van der Waals surface area contributed by atoms with Crippen LogP contribution in [0.25, 0.3) is 0 Å². The highest BCUT2D eigenvalue weighted by molar-refractivity contribution is 7.91. The summed E-state index contributed by atoms with van der Waals surface area (Å²) in [5.41, 5.74) is 4.67. The lowest BCUT2D eigenvalue weighted by atomic mass is 9.82. The molecule has 6 heteroatoms. The highest BCUT2D eigenvalue weighted by Crippen LogP contribution is 2.35. The second kappa shape index (κ2) is 6.20. The summed E-state index contributed by atoms with van der Waals surface area (Å²) in [4.78, 5) is 4.51. The Balaban J connectivity index is 2.19. The predicted octanol–water partition coefficient (Wildman–Crippen LogP) is 1.50. The molecule has 3 N–H and O–H groups in total. The molecule has 0 saturated heterocycles.